The molecule has 2 heterocycles. The first-order chi connectivity index (χ1) is 13.9. The van der Waals surface area contributed by atoms with Crippen LogP contribution in [-0.4, -0.2) is 9.97 Å². The average molecular weight is 390 g/mol. The number of benzene rings is 2. The molecule has 29 heavy (non-hydrogen) atoms. The van der Waals surface area contributed by atoms with Gasteiger partial charge in [0, 0.05) is 22.9 Å². The molecule has 0 aliphatic heterocycles. The highest BCUT2D eigenvalue weighted by molar-refractivity contribution is 5.74. The normalized spacial score (nSPS) is 11.4. The summed E-state index contributed by atoms with van der Waals surface area (Å²) in [7, 11) is 0. The Hall–Kier alpha value is -3.47. The smallest absolute Gasteiger partial charge is 0.256 e. The van der Waals surface area contributed by atoms with Crippen molar-refractivity contribution in [2.45, 2.75) is 13.1 Å². The Labute approximate surface area is 166 Å². The van der Waals surface area contributed by atoms with Crippen LogP contribution in [0.1, 0.15) is 11.1 Å². The van der Waals surface area contributed by atoms with Crippen LogP contribution in [0.15, 0.2) is 85.1 Å². The lowest BCUT2D eigenvalue weighted by Gasteiger charge is -2.15. The number of rotatable bonds is 3. The number of hydrogen-bond acceptors (Lipinski definition) is 2. The SMILES string of the molecule is Cc1ccc(-c2cccc(-c3cc(-c4ccccn4)ccc3C(F)(F)F)n2)cc1. The van der Waals surface area contributed by atoms with Crippen LogP contribution in [0.5, 0.6) is 0 Å². The van der Waals surface area contributed by atoms with Crippen molar-refractivity contribution in [3.05, 3.63) is 96.2 Å². The Kier molecular flexibility index (Phi) is 4.89. The summed E-state index contributed by atoms with van der Waals surface area (Å²) < 4.78 is 41.1. The molecule has 0 spiro atoms. The number of pyridine rings is 2. The maximum atomic E-state index is 13.7. The molecule has 2 nitrogen and oxygen atoms in total. The second-order valence-corrected chi connectivity index (χ2v) is 6.75. The summed E-state index contributed by atoms with van der Waals surface area (Å²) in [5, 5.41) is 0. The minimum Gasteiger partial charge on any atom is -0.256 e. The molecule has 0 bridgehead atoms. The van der Waals surface area contributed by atoms with E-state index in [9.17, 15) is 13.2 Å². The molecule has 4 rings (SSSR count). The average Bonchev–Trinajstić information content (AvgIpc) is 2.74. The van der Waals surface area contributed by atoms with Crippen molar-refractivity contribution in [1.82, 2.24) is 9.97 Å². The van der Waals surface area contributed by atoms with Crippen molar-refractivity contribution in [3.63, 3.8) is 0 Å². The molecule has 144 valence electrons. The summed E-state index contributed by atoms with van der Waals surface area (Å²) >= 11 is 0. The van der Waals surface area contributed by atoms with Gasteiger partial charge >= 0.3 is 6.18 Å². The largest absolute Gasteiger partial charge is 0.417 e. The van der Waals surface area contributed by atoms with Crippen molar-refractivity contribution < 1.29 is 13.2 Å². The van der Waals surface area contributed by atoms with Gasteiger partial charge in [-0.3, -0.25) is 4.98 Å². The van der Waals surface area contributed by atoms with E-state index in [0.29, 0.717) is 17.0 Å². The molecule has 0 aliphatic rings. The third-order valence-electron chi connectivity index (χ3n) is 4.66. The molecule has 5 heteroatoms. The zero-order valence-corrected chi connectivity index (χ0v) is 15.6. The van der Waals surface area contributed by atoms with Gasteiger partial charge in [-0.05, 0) is 43.3 Å². The zero-order chi connectivity index (χ0) is 20.4. The summed E-state index contributed by atoms with van der Waals surface area (Å²) in [5.41, 5.74) is 3.39. The van der Waals surface area contributed by atoms with E-state index in [4.69, 9.17) is 0 Å². The predicted molar refractivity (Wildman–Crippen MR) is 108 cm³/mol. The van der Waals surface area contributed by atoms with Crippen molar-refractivity contribution in [2.24, 2.45) is 0 Å². The number of aromatic nitrogens is 2. The van der Waals surface area contributed by atoms with Crippen molar-refractivity contribution in [3.8, 4) is 33.8 Å². The lowest BCUT2D eigenvalue weighted by atomic mass is 9.98. The second-order valence-electron chi connectivity index (χ2n) is 6.75. The fraction of sp³-hybridized carbons (Fsp3) is 0.0833. The van der Waals surface area contributed by atoms with Crippen LogP contribution in [-0.2, 0) is 6.18 Å². The van der Waals surface area contributed by atoms with Crippen LogP contribution < -0.4 is 0 Å². The van der Waals surface area contributed by atoms with Crippen LogP contribution in [0.4, 0.5) is 13.2 Å². The number of hydrogen-bond donors (Lipinski definition) is 0. The number of nitrogens with zero attached hydrogens (tertiary/aromatic N) is 2. The Morgan fingerprint density at radius 2 is 1.38 bits per heavy atom. The highest BCUT2D eigenvalue weighted by atomic mass is 19.4. The summed E-state index contributed by atoms with van der Waals surface area (Å²) in [5.74, 6) is 0. The van der Waals surface area contributed by atoms with Crippen LogP contribution in [0, 0.1) is 6.92 Å². The van der Waals surface area contributed by atoms with Gasteiger partial charge in [-0.2, -0.15) is 13.2 Å². The highest BCUT2D eigenvalue weighted by Gasteiger charge is 2.34. The first-order valence-corrected chi connectivity index (χ1v) is 9.09. The molecule has 0 amide bonds. The van der Waals surface area contributed by atoms with Crippen LogP contribution in [0.2, 0.25) is 0 Å². The third-order valence-corrected chi connectivity index (χ3v) is 4.66. The lowest BCUT2D eigenvalue weighted by molar-refractivity contribution is -0.137. The summed E-state index contributed by atoms with van der Waals surface area (Å²) in [6, 6.07) is 22.2. The second kappa shape index (κ2) is 7.51. The Balaban J connectivity index is 1.86. The third kappa shape index (κ3) is 4.04. The topological polar surface area (TPSA) is 25.8 Å². The molecule has 0 saturated carbocycles. The Morgan fingerprint density at radius 1 is 0.690 bits per heavy atom. The van der Waals surface area contributed by atoms with E-state index in [2.05, 4.69) is 9.97 Å². The molecule has 2 aromatic heterocycles. The summed E-state index contributed by atoms with van der Waals surface area (Å²) in [6.45, 7) is 1.98. The minimum absolute atomic E-state index is 0.0367. The molecule has 0 atom stereocenters. The van der Waals surface area contributed by atoms with Crippen LogP contribution in [0.3, 0.4) is 0 Å². The molecule has 0 aliphatic carbocycles. The first-order valence-electron chi connectivity index (χ1n) is 9.09. The van der Waals surface area contributed by atoms with E-state index in [1.807, 2.05) is 31.2 Å². The maximum absolute atomic E-state index is 13.7. The molecule has 2 aromatic carbocycles. The molecular formula is C24H17F3N2. The van der Waals surface area contributed by atoms with Crippen molar-refractivity contribution in [1.29, 1.82) is 0 Å². The molecule has 0 fully saturated rings. The molecular weight excluding hydrogens is 373 g/mol. The number of alkyl halides is 3. The van der Waals surface area contributed by atoms with Gasteiger partial charge in [-0.15, -0.1) is 0 Å². The number of aryl methyl sites for hydroxylation is 1. The minimum atomic E-state index is -4.49. The van der Waals surface area contributed by atoms with E-state index in [1.165, 1.54) is 12.1 Å². The molecule has 4 aromatic rings. The standard InChI is InChI=1S/C24H17F3N2/c1-16-8-10-17(11-9-16)22-6-4-7-23(29-22)19-15-18(21-5-2-3-14-28-21)12-13-20(19)24(25,26)27/h2-15H,1H3. The molecule has 0 N–H and O–H groups in total. The van der Waals surface area contributed by atoms with Crippen LogP contribution in [0.25, 0.3) is 33.8 Å². The predicted octanol–water partition coefficient (Wildman–Crippen LogP) is 6.80. The van der Waals surface area contributed by atoms with Gasteiger partial charge in [0.05, 0.1) is 22.6 Å². The van der Waals surface area contributed by atoms with Crippen LogP contribution >= 0.6 is 0 Å². The van der Waals surface area contributed by atoms with E-state index < -0.39 is 11.7 Å². The monoisotopic (exact) mass is 390 g/mol. The van der Waals surface area contributed by atoms with Crippen molar-refractivity contribution >= 4 is 0 Å². The Morgan fingerprint density at radius 3 is 2.07 bits per heavy atom. The molecule has 0 saturated heterocycles. The van der Waals surface area contributed by atoms with Gasteiger partial charge in [0.2, 0.25) is 0 Å². The maximum Gasteiger partial charge on any atom is 0.417 e. The highest BCUT2D eigenvalue weighted by Crippen LogP contribution is 2.39. The first kappa shape index (κ1) is 18.9. The number of halogens is 3. The van der Waals surface area contributed by atoms with E-state index in [1.54, 1.807) is 42.6 Å². The van der Waals surface area contributed by atoms with Gasteiger partial charge in [-0.25, -0.2) is 4.98 Å². The summed E-state index contributed by atoms with van der Waals surface area (Å²) in [4.78, 5) is 8.78. The van der Waals surface area contributed by atoms with Gasteiger partial charge < -0.3 is 0 Å². The van der Waals surface area contributed by atoms with Gasteiger partial charge in [0.1, 0.15) is 0 Å². The Bertz CT molecular complexity index is 1130. The quantitative estimate of drug-likeness (QED) is 0.384. The van der Waals surface area contributed by atoms with Gasteiger partial charge in [-0.1, -0.05) is 48.0 Å². The summed E-state index contributed by atoms with van der Waals surface area (Å²) in [6.07, 6.45) is -2.87. The molecule has 0 unspecified atom stereocenters. The van der Waals surface area contributed by atoms with Gasteiger partial charge in [0.25, 0.3) is 0 Å². The van der Waals surface area contributed by atoms with Crippen molar-refractivity contribution in [2.75, 3.05) is 0 Å². The zero-order valence-electron chi connectivity index (χ0n) is 15.6. The van der Waals surface area contributed by atoms with Gasteiger partial charge in [0.15, 0.2) is 0 Å². The van der Waals surface area contributed by atoms with E-state index >= 15 is 0 Å². The van der Waals surface area contributed by atoms with E-state index in [0.717, 1.165) is 17.2 Å². The van der Waals surface area contributed by atoms with E-state index in [-0.39, 0.29) is 11.3 Å². The fourth-order valence-electron chi connectivity index (χ4n) is 3.17. The lowest BCUT2D eigenvalue weighted by Crippen LogP contribution is -2.08. The molecule has 0 radical (unpaired) electrons. The fourth-order valence-corrected chi connectivity index (χ4v) is 3.17.